The Labute approximate surface area is 101 Å². The van der Waals surface area contributed by atoms with Crippen molar-refractivity contribution in [1.29, 1.82) is 0 Å². The largest absolute Gasteiger partial charge is 0.342 e. The van der Waals surface area contributed by atoms with Gasteiger partial charge in [-0.2, -0.15) is 0 Å². The molecule has 0 saturated carbocycles. The Balaban J connectivity index is 1.74. The second-order valence-electron chi connectivity index (χ2n) is 4.54. The van der Waals surface area contributed by atoms with Gasteiger partial charge in [0, 0.05) is 24.4 Å². The zero-order valence-corrected chi connectivity index (χ0v) is 9.69. The van der Waals surface area contributed by atoms with Gasteiger partial charge in [0.25, 0.3) is 0 Å². The Kier molecular flexibility index (Phi) is 2.88. The predicted octanol–water partition coefficient (Wildman–Crippen LogP) is 1.62. The highest BCUT2D eigenvalue weighted by Gasteiger charge is 2.16. The third-order valence-electron chi connectivity index (χ3n) is 3.26. The van der Waals surface area contributed by atoms with Gasteiger partial charge in [0.1, 0.15) is 5.82 Å². The van der Waals surface area contributed by atoms with Gasteiger partial charge in [0.2, 0.25) is 0 Å². The number of hydrogen-bond acceptors (Lipinski definition) is 3. The molecule has 0 amide bonds. The summed E-state index contributed by atoms with van der Waals surface area (Å²) in [5.74, 6) is 1.82. The first-order chi connectivity index (χ1) is 8.42. The molecule has 1 atom stereocenters. The number of aromatic amines is 1. The zero-order valence-electron chi connectivity index (χ0n) is 9.69. The molecule has 0 aliphatic carbocycles. The Bertz CT molecular complexity index is 471. The van der Waals surface area contributed by atoms with Crippen molar-refractivity contribution >= 4 is 0 Å². The standard InChI is InChI=1S/C13H16N4/c1-4-15-8-10(1)7-13-16-9-12(17-13)11-2-5-14-6-3-11/h2-3,5-6,9-10,15H,1,4,7-8H2,(H,16,17). The normalized spacial score (nSPS) is 19.6. The van der Waals surface area contributed by atoms with E-state index in [0.29, 0.717) is 0 Å². The first kappa shape index (κ1) is 10.5. The van der Waals surface area contributed by atoms with Crippen LogP contribution in [0.15, 0.2) is 30.7 Å². The van der Waals surface area contributed by atoms with Crippen molar-refractivity contribution in [2.24, 2.45) is 5.92 Å². The van der Waals surface area contributed by atoms with Crippen molar-refractivity contribution in [3.05, 3.63) is 36.5 Å². The molecule has 17 heavy (non-hydrogen) atoms. The van der Waals surface area contributed by atoms with Crippen molar-refractivity contribution in [2.45, 2.75) is 12.8 Å². The quantitative estimate of drug-likeness (QED) is 0.839. The van der Waals surface area contributed by atoms with Crippen LogP contribution in [0.2, 0.25) is 0 Å². The van der Waals surface area contributed by atoms with Crippen LogP contribution in [0.1, 0.15) is 12.2 Å². The van der Waals surface area contributed by atoms with Crippen molar-refractivity contribution in [1.82, 2.24) is 20.3 Å². The van der Waals surface area contributed by atoms with Crippen molar-refractivity contribution in [3.63, 3.8) is 0 Å². The number of nitrogens with zero attached hydrogens (tertiary/aromatic N) is 2. The van der Waals surface area contributed by atoms with Crippen LogP contribution in [0.3, 0.4) is 0 Å². The summed E-state index contributed by atoms with van der Waals surface area (Å²) in [6.45, 7) is 2.26. The molecule has 0 bridgehead atoms. The molecule has 1 fully saturated rings. The third-order valence-corrected chi connectivity index (χ3v) is 3.26. The van der Waals surface area contributed by atoms with Crippen molar-refractivity contribution in [2.75, 3.05) is 13.1 Å². The van der Waals surface area contributed by atoms with E-state index in [1.807, 2.05) is 18.3 Å². The van der Waals surface area contributed by atoms with E-state index in [1.165, 1.54) is 6.42 Å². The molecule has 0 radical (unpaired) electrons. The molecule has 4 nitrogen and oxygen atoms in total. The zero-order chi connectivity index (χ0) is 11.5. The number of nitrogens with one attached hydrogen (secondary N) is 2. The summed E-state index contributed by atoms with van der Waals surface area (Å²) in [5, 5.41) is 3.38. The molecule has 2 N–H and O–H groups in total. The third kappa shape index (κ3) is 2.36. The van der Waals surface area contributed by atoms with Gasteiger partial charge in [0.05, 0.1) is 11.9 Å². The summed E-state index contributed by atoms with van der Waals surface area (Å²) in [6.07, 6.45) is 7.81. The van der Waals surface area contributed by atoms with Crippen LogP contribution >= 0.6 is 0 Å². The number of pyridine rings is 1. The van der Waals surface area contributed by atoms with Gasteiger partial charge in [0.15, 0.2) is 0 Å². The Morgan fingerprint density at radius 2 is 2.18 bits per heavy atom. The molecule has 2 aromatic rings. The lowest BCUT2D eigenvalue weighted by Gasteiger charge is -2.04. The van der Waals surface area contributed by atoms with E-state index < -0.39 is 0 Å². The van der Waals surface area contributed by atoms with Crippen LogP contribution in [0.4, 0.5) is 0 Å². The highest BCUT2D eigenvalue weighted by Crippen LogP contribution is 2.18. The number of H-pyrrole nitrogens is 1. The average Bonchev–Trinajstić information content (AvgIpc) is 3.02. The minimum Gasteiger partial charge on any atom is -0.342 e. The minimum atomic E-state index is 0.728. The number of aromatic nitrogens is 3. The molecular weight excluding hydrogens is 212 g/mol. The Morgan fingerprint density at radius 3 is 2.94 bits per heavy atom. The van der Waals surface area contributed by atoms with Crippen LogP contribution in [-0.4, -0.2) is 28.0 Å². The van der Waals surface area contributed by atoms with Crippen LogP contribution < -0.4 is 5.32 Å². The molecule has 0 aromatic carbocycles. The van der Waals surface area contributed by atoms with Crippen molar-refractivity contribution < 1.29 is 0 Å². The van der Waals surface area contributed by atoms with Gasteiger partial charge in [-0.1, -0.05) is 0 Å². The number of rotatable bonds is 3. The maximum absolute atomic E-state index is 4.45. The fourth-order valence-electron chi connectivity index (χ4n) is 2.31. The molecule has 2 aromatic heterocycles. The molecule has 88 valence electrons. The second-order valence-corrected chi connectivity index (χ2v) is 4.54. The SMILES string of the molecule is c1cc(-c2cnc(CC3CCNC3)[nH]2)ccn1. The van der Waals surface area contributed by atoms with Gasteiger partial charge in [-0.25, -0.2) is 4.98 Å². The van der Waals surface area contributed by atoms with Crippen LogP contribution in [-0.2, 0) is 6.42 Å². The smallest absolute Gasteiger partial charge is 0.106 e. The van der Waals surface area contributed by atoms with E-state index in [9.17, 15) is 0 Å². The van der Waals surface area contributed by atoms with Crippen molar-refractivity contribution in [3.8, 4) is 11.3 Å². The van der Waals surface area contributed by atoms with E-state index in [4.69, 9.17) is 0 Å². The lowest BCUT2D eigenvalue weighted by molar-refractivity contribution is 0.565. The summed E-state index contributed by atoms with van der Waals surface area (Å²) >= 11 is 0. The molecular formula is C13H16N4. The van der Waals surface area contributed by atoms with E-state index in [2.05, 4.69) is 20.3 Å². The summed E-state index contributed by atoms with van der Waals surface area (Å²) in [5.41, 5.74) is 2.22. The molecule has 1 unspecified atom stereocenters. The Morgan fingerprint density at radius 1 is 1.29 bits per heavy atom. The predicted molar refractivity (Wildman–Crippen MR) is 66.5 cm³/mol. The maximum atomic E-state index is 4.45. The summed E-state index contributed by atoms with van der Waals surface area (Å²) in [6, 6.07) is 3.99. The molecule has 4 heteroatoms. The number of imidazole rings is 1. The van der Waals surface area contributed by atoms with Crippen LogP contribution in [0.25, 0.3) is 11.3 Å². The summed E-state index contributed by atoms with van der Waals surface area (Å²) in [4.78, 5) is 11.9. The second kappa shape index (κ2) is 4.67. The summed E-state index contributed by atoms with van der Waals surface area (Å²) < 4.78 is 0. The van der Waals surface area contributed by atoms with Crippen LogP contribution in [0, 0.1) is 5.92 Å². The molecule has 3 rings (SSSR count). The van der Waals surface area contributed by atoms with Gasteiger partial charge in [-0.3, -0.25) is 4.98 Å². The molecule has 1 aliphatic rings. The molecule has 3 heterocycles. The van der Waals surface area contributed by atoms with Gasteiger partial charge >= 0.3 is 0 Å². The first-order valence-electron chi connectivity index (χ1n) is 6.07. The topological polar surface area (TPSA) is 53.6 Å². The van der Waals surface area contributed by atoms with Gasteiger partial charge < -0.3 is 10.3 Å². The molecule has 0 spiro atoms. The van der Waals surface area contributed by atoms with Gasteiger partial charge in [-0.05, 0) is 37.6 Å². The highest BCUT2D eigenvalue weighted by molar-refractivity contribution is 5.57. The monoisotopic (exact) mass is 228 g/mol. The first-order valence-corrected chi connectivity index (χ1v) is 6.07. The summed E-state index contributed by atoms with van der Waals surface area (Å²) in [7, 11) is 0. The maximum Gasteiger partial charge on any atom is 0.106 e. The lowest BCUT2D eigenvalue weighted by Crippen LogP contribution is -2.11. The molecule has 1 aliphatic heterocycles. The van der Waals surface area contributed by atoms with Crippen LogP contribution in [0.5, 0.6) is 0 Å². The van der Waals surface area contributed by atoms with E-state index in [-0.39, 0.29) is 0 Å². The van der Waals surface area contributed by atoms with E-state index >= 15 is 0 Å². The highest BCUT2D eigenvalue weighted by atomic mass is 14.9. The lowest BCUT2D eigenvalue weighted by atomic mass is 10.1. The van der Waals surface area contributed by atoms with Gasteiger partial charge in [-0.15, -0.1) is 0 Å². The fourth-order valence-corrected chi connectivity index (χ4v) is 2.31. The number of hydrogen-bond donors (Lipinski definition) is 2. The average molecular weight is 228 g/mol. The van der Waals surface area contributed by atoms with E-state index in [1.54, 1.807) is 12.4 Å². The Hall–Kier alpha value is -1.68. The fraction of sp³-hybridized carbons (Fsp3) is 0.385. The van der Waals surface area contributed by atoms with E-state index in [0.717, 1.165) is 42.5 Å². The molecule has 1 saturated heterocycles. The minimum absolute atomic E-state index is 0.728.